The fourth-order valence-corrected chi connectivity index (χ4v) is 4.08. The molecular weight excluding hydrogens is 438 g/mol. The molecule has 0 unspecified atom stereocenters. The number of hydrogen-bond acceptors (Lipinski definition) is 4. The van der Waals surface area contributed by atoms with Crippen molar-refractivity contribution in [2.24, 2.45) is 0 Å². The lowest BCUT2D eigenvalue weighted by molar-refractivity contribution is -0.115. The topological polar surface area (TPSA) is 64.9 Å². The summed E-state index contributed by atoms with van der Waals surface area (Å²) in [5.41, 5.74) is 7.34. The molecule has 0 aliphatic rings. The average molecular weight is 464 g/mol. The van der Waals surface area contributed by atoms with Crippen LogP contribution in [-0.4, -0.2) is 29.5 Å². The molecule has 0 saturated carbocycles. The smallest absolute Gasteiger partial charge is 0.230 e. The Morgan fingerprint density at radius 1 is 1.00 bits per heavy atom. The molecule has 4 rings (SSSR count). The Hall–Kier alpha value is -3.51. The number of carbonyl (C=O) groups is 1. The van der Waals surface area contributed by atoms with Crippen LogP contribution in [0, 0.1) is 20.8 Å². The van der Waals surface area contributed by atoms with E-state index in [0.717, 1.165) is 28.2 Å². The lowest BCUT2D eigenvalue weighted by Gasteiger charge is -2.13. The van der Waals surface area contributed by atoms with Crippen molar-refractivity contribution < 1.29 is 14.3 Å². The third-order valence-corrected chi connectivity index (χ3v) is 6.10. The van der Waals surface area contributed by atoms with Crippen LogP contribution in [0.4, 0.5) is 5.69 Å². The van der Waals surface area contributed by atoms with E-state index >= 15 is 0 Å². The summed E-state index contributed by atoms with van der Waals surface area (Å²) in [6.45, 7) is 6.17. The zero-order valence-corrected chi connectivity index (χ0v) is 20.1. The van der Waals surface area contributed by atoms with Gasteiger partial charge in [-0.1, -0.05) is 29.8 Å². The van der Waals surface area contributed by atoms with Gasteiger partial charge in [-0.15, -0.1) is 0 Å². The van der Waals surface area contributed by atoms with Crippen LogP contribution in [0.5, 0.6) is 11.5 Å². The van der Waals surface area contributed by atoms with E-state index in [2.05, 4.69) is 31.3 Å². The Labute approximate surface area is 198 Å². The summed E-state index contributed by atoms with van der Waals surface area (Å²) in [5.74, 6) is 0.706. The first-order chi connectivity index (χ1) is 15.8. The number of nitrogens with one attached hydrogen (secondary N) is 1. The van der Waals surface area contributed by atoms with Gasteiger partial charge >= 0.3 is 0 Å². The van der Waals surface area contributed by atoms with E-state index in [-0.39, 0.29) is 12.3 Å². The SMILES string of the molecule is COc1cc(NC(=O)Cc2c(-c3ccc(C)c(C)c3)nc3c(C)cccn23)c(OC)cc1Cl. The third-order valence-electron chi connectivity index (χ3n) is 5.80. The third kappa shape index (κ3) is 4.39. The molecule has 0 fully saturated rings. The van der Waals surface area contributed by atoms with Gasteiger partial charge < -0.3 is 19.2 Å². The number of aryl methyl sites for hydroxylation is 3. The monoisotopic (exact) mass is 463 g/mol. The molecule has 0 spiro atoms. The highest BCUT2D eigenvalue weighted by Crippen LogP contribution is 2.36. The zero-order valence-electron chi connectivity index (χ0n) is 19.3. The predicted molar refractivity (Wildman–Crippen MR) is 132 cm³/mol. The number of hydrogen-bond donors (Lipinski definition) is 1. The van der Waals surface area contributed by atoms with Gasteiger partial charge in [0.15, 0.2) is 0 Å². The molecule has 2 heterocycles. The summed E-state index contributed by atoms with van der Waals surface area (Å²) in [5, 5.41) is 3.34. The molecule has 6 nitrogen and oxygen atoms in total. The number of carbonyl (C=O) groups excluding carboxylic acids is 1. The number of benzene rings is 2. The van der Waals surface area contributed by atoms with Crippen molar-refractivity contribution in [3.05, 3.63) is 76.1 Å². The number of rotatable bonds is 6. The van der Waals surface area contributed by atoms with E-state index in [1.165, 1.54) is 25.3 Å². The molecule has 0 bridgehead atoms. The minimum atomic E-state index is -0.203. The number of imidazole rings is 1. The second-order valence-corrected chi connectivity index (χ2v) is 8.41. The summed E-state index contributed by atoms with van der Waals surface area (Å²) in [6.07, 6.45) is 2.06. The number of aromatic nitrogens is 2. The molecule has 0 aliphatic heterocycles. The van der Waals surface area contributed by atoms with Crippen molar-refractivity contribution in [1.29, 1.82) is 0 Å². The van der Waals surface area contributed by atoms with E-state index < -0.39 is 0 Å². The first-order valence-corrected chi connectivity index (χ1v) is 11.0. The van der Waals surface area contributed by atoms with Crippen LogP contribution in [0.3, 0.4) is 0 Å². The Kier molecular flexibility index (Phi) is 6.29. The number of amides is 1. The molecule has 0 saturated heterocycles. The lowest BCUT2D eigenvalue weighted by Crippen LogP contribution is -2.17. The quantitative estimate of drug-likeness (QED) is 0.393. The minimum Gasteiger partial charge on any atom is -0.495 e. The van der Waals surface area contributed by atoms with Gasteiger partial charge in [0.05, 0.1) is 42.7 Å². The number of methoxy groups -OCH3 is 2. The molecule has 2 aromatic carbocycles. The van der Waals surface area contributed by atoms with E-state index in [0.29, 0.717) is 22.2 Å². The maximum Gasteiger partial charge on any atom is 0.230 e. The molecule has 7 heteroatoms. The largest absolute Gasteiger partial charge is 0.495 e. The van der Waals surface area contributed by atoms with E-state index in [1.54, 1.807) is 12.1 Å². The fraction of sp³-hybridized carbons (Fsp3) is 0.231. The Bertz CT molecular complexity index is 1360. The van der Waals surface area contributed by atoms with Crippen molar-refractivity contribution in [2.45, 2.75) is 27.2 Å². The van der Waals surface area contributed by atoms with Gasteiger partial charge in [-0.25, -0.2) is 4.98 Å². The molecule has 0 aliphatic carbocycles. The first kappa shape index (κ1) is 22.7. The molecular formula is C26H26ClN3O3. The second kappa shape index (κ2) is 9.16. The summed E-state index contributed by atoms with van der Waals surface area (Å²) in [4.78, 5) is 18.1. The molecule has 170 valence electrons. The predicted octanol–water partition coefficient (Wildman–Crippen LogP) is 5.78. The molecule has 0 atom stereocenters. The highest BCUT2D eigenvalue weighted by atomic mass is 35.5. The van der Waals surface area contributed by atoms with Gasteiger partial charge in [0.1, 0.15) is 17.1 Å². The minimum absolute atomic E-state index is 0.126. The van der Waals surface area contributed by atoms with Crippen LogP contribution in [0.15, 0.2) is 48.7 Å². The van der Waals surface area contributed by atoms with E-state index in [4.69, 9.17) is 26.1 Å². The Morgan fingerprint density at radius 3 is 2.45 bits per heavy atom. The van der Waals surface area contributed by atoms with Crippen molar-refractivity contribution in [1.82, 2.24) is 9.38 Å². The molecule has 2 aromatic heterocycles. The van der Waals surface area contributed by atoms with Crippen molar-refractivity contribution >= 4 is 28.8 Å². The van der Waals surface area contributed by atoms with Crippen LogP contribution >= 0.6 is 11.6 Å². The second-order valence-electron chi connectivity index (χ2n) is 8.00. The van der Waals surface area contributed by atoms with E-state index in [1.807, 2.05) is 35.7 Å². The number of halogens is 1. The van der Waals surface area contributed by atoms with Crippen LogP contribution in [-0.2, 0) is 11.2 Å². The standard InChI is InChI=1S/C26H26ClN3O3/c1-15-8-9-18(11-17(15)3)25-21(30-10-6-7-16(2)26(30)29-25)14-24(31)28-20-13-22(32-4)19(27)12-23(20)33-5/h6-13H,14H2,1-5H3,(H,28,31). The zero-order chi connectivity index (χ0) is 23.7. The summed E-state index contributed by atoms with van der Waals surface area (Å²) < 4.78 is 12.7. The van der Waals surface area contributed by atoms with Crippen LogP contribution in [0.2, 0.25) is 5.02 Å². The summed E-state index contributed by atoms with van der Waals surface area (Å²) in [7, 11) is 3.05. The fourth-order valence-electron chi connectivity index (χ4n) is 3.85. The Morgan fingerprint density at radius 2 is 1.76 bits per heavy atom. The van der Waals surface area contributed by atoms with Crippen molar-refractivity contribution in [3.63, 3.8) is 0 Å². The highest BCUT2D eigenvalue weighted by molar-refractivity contribution is 6.32. The molecule has 33 heavy (non-hydrogen) atoms. The highest BCUT2D eigenvalue weighted by Gasteiger charge is 2.20. The normalized spacial score (nSPS) is 11.0. The van der Waals surface area contributed by atoms with Crippen LogP contribution in [0.1, 0.15) is 22.4 Å². The van der Waals surface area contributed by atoms with E-state index in [9.17, 15) is 4.79 Å². The molecule has 4 aromatic rings. The van der Waals surface area contributed by atoms with Crippen molar-refractivity contribution in [2.75, 3.05) is 19.5 Å². The van der Waals surface area contributed by atoms with Crippen LogP contribution in [0.25, 0.3) is 16.9 Å². The number of nitrogens with zero attached hydrogens (tertiary/aromatic N) is 2. The average Bonchev–Trinajstić information content (AvgIpc) is 3.16. The summed E-state index contributed by atoms with van der Waals surface area (Å²) in [6, 6.07) is 13.5. The maximum atomic E-state index is 13.2. The van der Waals surface area contributed by atoms with Gasteiger partial charge in [0, 0.05) is 23.9 Å². The number of pyridine rings is 1. The number of ether oxygens (including phenoxy) is 2. The van der Waals surface area contributed by atoms with Crippen molar-refractivity contribution in [3.8, 4) is 22.8 Å². The van der Waals surface area contributed by atoms with Gasteiger partial charge in [-0.3, -0.25) is 4.79 Å². The Balaban J connectivity index is 1.75. The number of fused-ring (bicyclic) bond motifs is 1. The maximum absolute atomic E-state index is 13.2. The van der Waals surface area contributed by atoms with Gasteiger partial charge in [-0.05, 0) is 49.6 Å². The van der Waals surface area contributed by atoms with Crippen LogP contribution < -0.4 is 14.8 Å². The van der Waals surface area contributed by atoms with Gasteiger partial charge in [0.25, 0.3) is 0 Å². The lowest BCUT2D eigenvalue weighted by atomic mass is 10.0. The molecule has 0 radical (unpaired) electrons. The molecule has 1 amide bonds. The van der Waals surface area contributed by atoms with Gasteiger partial charge in [-0.2, -0.15) is 0 Å². The number of anilines is 1. The van der Waals surface area contributed by atoms with Gasteiger partial charge in [0.2, 0.25) is 5.91 Å². The summed E-state index contributed by atoms with van der Waals surface area (Å²) >= 11 is 6.20. The first-order valence-electron chi connectivity index (χ1n) is 10.6. The molecule has 1 N–H and O–H groups in total.